The third-order valence-electron chi connectivity index (χ3n) is 5.24. The molecule has 0 aliphatic heterocycles. The van der Waals surface area contributed by atoms with Crippen LogP contribution in [0.15, 0.2) is 77.6 Å². The third kappa shape index (κ3) is 3.84. The van der Waals surface area contributed by atoms with E-state index in [1.807, 2.05) is 61.5 Å². The van der Waals surface area contributed by atoms with E-state index in [1.54, 1.807) is 4.57 Å². The first-order valence-corrected chi connectivity index (χ1v) is 9.91. The molecule has 0 saturated carbocycles. The molecule has 0 aliphatic carbocycles. The van der Waals surface area contributed by atoms with Crippen LogP contribution >= 0.6 is 0 Å². The van der Waals surface area contributed by atoms with Crippen molar-refractivity contribution in [3.8, 4) is 5.69 Å². The second-order valence-electron chi connectivity index (χ2n) is 7.51. The molecule has 0 radical (unpaired) electrons. The number of hydrogen-bond acceptors (Lipinski definition) is 3. The molecule has 0 fully saturated rings. The van der Waals surface area contributed by atoms with E-state index in [0.717, 1.165) is 22.6 Å². The number of nitrogens with one attached hydrogen (secondary N) is 1. The maximum absolute atomic E-state index is 13.5. The van der Waals surface area contributed by atoms with Gasteiger partial charge in [-0.1, -0.05) is 60.2 Å². The zero-order valence-corrected chi connectivity index (χ0v) is 17.0. The molecule has 3 aromatic carbocycles. The van der Waals surface area contributed by atoms with Crippen molar-refractivity contribution in [1.29, 1.82) is 0 Å². The zero-order chi connectivity index (χ0) is 20.4. The first-order chi connectivity index (χ1) is 14.0. The molecule has 1 aromatic heterocycles. The lowest BCUT2D eigenvalue weighted by molar-refractivity contribution is 0.532. The minimum atomic E-state index is -0.104. The summed E-state index contributed by atoms with van der Waals surface area (Å²) in [5.41, 5.74) is 4.99. The van der Waals surface area contributed by atoms with Gasteiger partial charge >= 0.3 is 0 Å². The molecule has 0 aliphatic rings. The van der Waals surface area contributed by atoms with Crippen LogP contribution in [0.25, 0.3) is 16.6 Å². The second-order valence-corrected chi connectivity index (χ2v) is 7.51. The number of para-hydroxylation sites is 1. The monoisotopic (exact) mass is 383 g/mol. The molecule has 0 amide bonds. The van der Waals surface area contributed by atoms with Crippen molar-refractivity contribution in [1.82, 2.24) is 14.9 Å². The maximum atomic E-state index is 13.5. The van der Waals surface area contributed by atoms with E-state index in [9.17, 15) is 4.79 Å². The van der Waals surface area contributed by atoms with Crippen LogP contribution in [0.2, 0.25) is 0 Å². The highest BCUT2D eigenvalue weighted by atomic mass is 16.1. The summed E-state index contributed by atoms with van der Waals surface area (Å²) >= 11 is 0. The third-order valence-corrected chi connectivity index (χ3v) is 5.24. The molecule has 146 valence electrons. The van der Waals surface area contributed by atoms with E-state index in [4.69, 9.17) is 4.98 Å². The number of hydrogen-bond donors (Lipinski definition) is 1. The van der Waals surface area contributed by atoms with Crippen molar-refractivity contribution in [3.63, 3.8) is 0 Å². The SMILES string of the molecule is Cc1ccc(-n2c([C@H](C)NCc3ccccc3)nc3ccccc3c2=O)c(C)c1. The number of nitrogens with zero attached hydrogens (tertiary/aromatic N) is 2. The van der Waals surface area contributed by atoms with Crippen molar-refractivity contribution < 1.29 is 0 Å². The van der Waals surface area contributed by atoms with E-state index in [-0.39, 0.29) is 11.6 Å². The van der Waals surface area contributed by atoms with Crippen molar-refractivity contribution in [3.05, 3.63) is 106 Å². The van der Waals surface area contributed by atoms with Gasteiger partial charge in [0.25, 0.3) is 5.56 Å². The van der Waals surface area contributed by atoms with Crippen LogP contribution in [-0.4, -0.2) is 9.55 Å². The first kappa shape index (κ1) is 19.1. The van der Waals surface area contributed by atoms with Gasteiger partial charge in [0.2, 0.25) is 0 Å². The zero-order valence-electron chi connectivity index (χ0n) is 17.0. The van der Waals surface area contributed by atoms with Crippen LogP contribution < -0.4 is 10.9 Å². The summed E-state index contributed by atoms with van der Waals surface area (Å²) in [6.07, 6.45) is 0. The predicted octanol–water partition coefficient (Wildman–Crippen LogP) is 4.85. The first-order valence-electron chi connectivity index (χ1n) is 9.91. The standard InChI is InChI=1S/C25H25N3O/c1-17-13-14-23(18(2)15-17)28-24(19(3)26-16-20-9-5-4-6-10-20)27-22-12-8-7-11-21(22)25(28)29/h4-15,19,26H,16H2,1-3H3/t19-/m0/s1. The van der Waals surface area contributed by atoms with Crippen LogP contribution in [0.5, 0.6) is 0 Å². The minimum absolute atomic E-state index is 0.0362. The molecule has 4 heteroatoms. The summed E-state index contributed by atoms with van der Waals surface area (Å²) in [5, 5.41) is 4.16. The molecule has 1 N–H and O–H groups in total. The highest BCUT2D eigenvalue weighted by molar-refractivity contribution is 5.78. The lowest BCUT2D eigenvalue weighted by atomic mass is 10.1. The molecule has 0 bridgehead atoms. The van der Waals surface area contributed by atoms with Crippen molar-refractivity contribution in [2.24, 2.45) is 0 Å². The minimum Gasteiger partial charge on any atom is -0.303 e. The van der Waals surface area contributed by atoms with Gasteiger partial charge < -0.3 is 5.32 Å². The van der Waals surface area contributed by atoms with Gasteiger partial charge in [-0.15, -0.1) is 0 Å². The van der Waals surface area contributed by atoms with E-state index in [2.05, 4.69) is 37.4 Å². The smallest absolute Gasteiger partial charge is 0.266 e. The second kappa shape index (κ2) is 8.02. The Bertz CT molecular complexity index is 1210. The Morgan fingerprint density at radius 2 is 1.69 bits per heavy atom. The Balaban J connectivity index is 1.84. The summed E-state index contributed by atoms with van der Waals surface area (Å²) < 4.78 is 1.76. The van der Waals surface area contributed by atoms with Gasteiger partial charge in [0.05, 0.1) is 22.6 Å². The number of benzene rings is 3. The molecule has 4 aromatic rings. The fourth-order valence-electron chi connectivity index (χ4n) is 3.69. The predicted molar refractivity (Wildman–Crippen MR) is 119 cm³/mol. The molecular weight excluding hydrogens is 358 g/mol. The largest absolute Gasteiger partial charge is 0.303 e. The molecule has 0 spiro atoms. The Kier molecular flexibility index (Phi) is 5.28. The van der Waals surface area contributed by atoms with Gasteiger partial charge in [-0.25, -0.2) is 4.98 Å². The van der Waals surface area contributed by atoms with Gasteiger partial charge in [-0.05, 0) is 50.1 Å². The van der Waals surface area contributed by atoms with Crippen molar-refractivity contribution >= 4 is 10.9 Å². The number of rotatable bonds is 5. The average molecular weight is 383 g/mol. The van der Waals surface area contributed by atoms with E-state index in [1.165, 1.54) is 11.1 Å². The van der Waals surface area contributed by atoms with Gasteiger partial charge in [0, 0.05) is 6.54 Å². The van der Waals surface area contributed by atoms with Crippen LogP contribution in [0, 0.1) is 13.8 Å². The lowest BCUT2D eigenvalue weighted by Crippen LogP contribution is -2.30. The van der Waals surface area contributed by atoms with E-state index >= 15 is 0 Å². The van der Waals surface area contributed by atoms with Gasteiger partial charge in [0.15, 0.2) is 0 Å². The number of aryl methyl sites for hydroxylation is 2. The van der Waals surface area contributed by atoms with E-state index < -0.39 is 0 Å². The summed E-state index contributed by atoms with van der Waals surface area (Å²) in [6.45, 7) is 6.86. The number of fused-ring (bicyclic) bond motifs is 1. The van der Waals surface area contributed by atoms with Crippen molar-refractivity contribution in [2.45, 2.75) is 33.4 Å². The Morgan fingerprint density at radius 3 is 2.45 bits per heavy atom. The molecular formula is C25H25N3O. The quantitative estimate of drug-likeness (QED) is 0.536. The Hall–Kier alpha value is -3.24. The average Bonchev–Trinajstić information content (AvgIpc) is 2.73. The van der Waals surface area contributed by atoms with Crippen molar-refractivity contribution in [2.75, 3.05) is 0 Å². The van der Waals surface area contributed by atoms with Crippen LogP contribution in [0.4, 0.5) is 0 Å². The fraction of sp³-hybridized carbons (Fsp3) is 0.200. The molecule has 1 heterocycles. The topological polar surface area (TPSA) is 46.9 Å². The lowest BCUT2D eigenvalue weighted by Gasteiger charge is -2.21. The Morgan fingerprint density at radius 1 is 0.966 bits per heavy atom. The number of aromatic nitrogens is 2. The van der Waals surface area contributed by atoms with Crippen LogP contribution in [-0.2, 0) is 6.54 Å². The summed E-state index contributed by atoms with van der Waals surface area (Å²) in [5.74, 6) is 0.719. The summed E-state index contributed by atoms with van der Waals surface area (Å²) in [6, 6.07) is 23.8. The fourth-order valence-corrected chi connectivity index (χ4v) is 3.69. The summed E-state index contributed by atoms with van der Waals surface area (Å²) in [7, 11) is 0. The molecule has 29 heavy (non-hydrogen) atoms. The molecule has 0 saturated heterocycles. The van der Waals surface area contributed by atoms with E-state index in [0.29, 0.717) is 11.9 Å². The van der Waals surface area contributed by atoms with Gasteiger partial charge in [0.1, 0.15) is 5.82 Å². The highest BCUT2D eigenvalue weighted by Gasteiger charge is 2.18. The maximum Gasteiger partial charge on any atom is 0.266 e. The normalized spacial score (nSPS) is 12.2. The van der Waals surface area contributed by atoms with Crippen LogP contribution in [0.1, 0.15) is 35.5 Å². The van der Waals surface area contributed by atoms with Crippen LogP contribution in [0.3, 0.4) is 0 Å². The molecule has 4 rings (SSSR count). The molecule has 4 nitrogen and oxygen atoms in total. The molecule has 1 atom stereocenters. The summed E-state index contributed by atoms with van der Waals surface area (Å²) in [4.78, 5) is 18.3. The van der Waals surface area contributed by atoms with Gasteiger partial charge in [-0.3, -0.25) is 9.36 Å². The molecule has 0 unspecified atom stereocenters. The van der Waals surface area contributed by atoms with Gasteiger partial charge in [-0.2, -0.15) is 0 Å². The Labute approximate surface area is 170 Å². The highest BCUT2D eigenvalue weighted by Crippen LogP contribution is 2.21.